The van der Waals surface area contributed by atoms with Crippen LogP contribution >= 0.6 is 8.15 Å². The van der Waals surface area contributed by atoms with Gasteiger partial charge < -0.3 is 15.0 Å². The van der Waals surface area contributed by atoms with Crippen molar-refractivity contribution in [2.75, 3.05) is 6.16 Å². The van der Waals surface area contributed by atoms with Crippen LogP contribution in [0.25, 0.3) is 0 Å². The summed E-state index contributed by atoms with van der Waals surface area (Å²) < 4.78 is 0. The van der Waals surface area contributed by atoms with Gasteiger partial charge >= 0.3 is 0 Å². The van der Waals surface area contributed by atoms with Gasteiger partial charge in [0.05, 0.1) is 13.9 Å². The van der Waals surface area contributed by atoms with E-state index in [4.69, 9.17) is 0 Å². The van der Waals surface area contributed by atoms with Gasteiger partial charge in [0, 0.05) is 6.16 Å². The molecule has 0 radical (unpaired) electrons. The molecule has 1 unspecified atom stereocenters. The number of aldehydes is 1. The number of rotatable bonds is 7. The summed E-state index contributed by atoms with van der Waals surface area (Å²) in [5.41, 5.74) is 1.02. The molecule has 1 amide bonds. The molecule has 5 heteroatoms. The third-order valence-electron chi connectivity index (χ3n) is 2.15. The molecule has 0 fully saturated rings. The molecule has 1 rings (SSSR count). The van der Waals surface area contributed by atoms with Gasteiger partial charge in [-0.25, -0.2) is 0 Å². The van der Waals surface area contributed by atoms with Crippen LogP contribution in [0.1, 0.15) is 5.56 Å². The summed E-state index contributed by atoms with van der Waals surface area (Å²) in [4.78, 5) is 30.4. The number of benzene rings is 1. The summed E-state index contributed by atoms with van der Waals surface area (Å²) in [6, 6.07) is 9.53. The number of carbonyl (C=O) groups is 2. The zero-order valence-corrected chi connectivity index (χ0v) is 9.64. The van der Waals surface area contributed by atoms with Crippen LogP contribution in [0, 0.1) is 0 Å². The summed E-state index contributed by atoms with van der Waals surface area (Å²) in [6.45, 7) is 0. The highest BCUT2D eigenvalue weighted by Crippen LogP contribution is 2.35. The fourth-order valence-electron chi connectivity index (χ4n) is 1.37. The van der Waals surface area contributed by atoms with E-state index in [0.717, 1.165) is 5.56 Å². The Morgan fingerprint density at radius 3 is 2.56 bits per heavy atom. The minimum absolute atomic E-state index is 0.0909. The van der Waals surface area contributed by atoms with Crippen molar-refractivity contribution in [2.45, 2.75) is 12.2 Å². The van der Waals surface area contributed by atoms with Gasteiger partial charge in [-0.3, -0.25) is 4.79 Å². The minimum Gasteiger partial charge on any atom is -0.371 e. The van der Waals surface area contributed by atoms with Crippen molar-refractivity contribution >= 4 is 20.8 Å². The lowest BCUT2D eigenvalue weighted by Crippen LogP contribution is -2.29. The van der Waals surface area contributed by atoms with E-state index in [1.54, 1.807) is 0 Å². The predicted octanol–water partition coefficient (Wildman–Crippen LogP) is 0.889. The Bertz CT molecular complexity index is 331. The second-order valence-electron chi connectivity index (χ2n) is 3.28. The number of hydrogen-bond acceptors (Lipinski definition) is 3. The van der Waals surface area contributed by atoms with Gasteiger partial charge in [0.25, 0.3) is 0 Å². The maximum atomic E-state index is 10.4. The molecular weight excluding hydrogens is 225 g/mol. The predicted molar refractivity (Wildman–Crippen MR) is 63.2 cm³/mol. The van der Waals surface area contributed by atoms with Crippen molar-refractivity contribution in [2.24, 2.45) is 0 Å². The average molecular weight is 239 g/mol. The van der Waals surface area contributed by atoms with Crippen LogP contribution in [0.2, 0.25) is 0 Å². The second-order valence-corrected chi connectivity index (χ2v) is 5.15. The highest BCUT2D eigenvalue weighted by Gasteiger charge is 2.18. The Morgan fingerprint density at radius 2 is 2.00 bits per heavy atom. The molecule has 0 aliphatic carbocycles. The van der Waals surface area contributed by atoms with Crippen molar-refractivity contribution < 1.29 is 14.5 Å². The van der Waals surface area contributed by atoms with E-state index in [1.165, 1.54) is 0 Å². The first-order valence-corrected chi connectivity index (χ1v) is 6.45. The molecule has 1 aromatic rings. The fourth-order valence-corrected chi connectivity index (χ4v) is 2.43. The Balaban J connectivity index is 2.63. The van der Waals surface area contributed by atoms with E-state index in [-0.39, 0.29) is 11.9 Å². The van der Waals surface area contributed by atoms with Gasteiger partial charge in [0.2, 0.25) is 6.41 Å². The number of hydrogen-bond donors (Lipinski definition) is 2. The molecule has 1 aromatic carbocycles. The first-order valence-electron chi connectivity index (χ1n) is 4.90. The topological polar surface area (TPSA) is 66.4 Å². The second kappa shape index (κ2) is 7.09. The van der Waals surface area contributed by atoms with Crippen LogP contribution in [0.4, 0.5) is 0 Å². The van der Waals surface area contributed by atoms with Crippen molar-refractivity contribution in [1.29, 1.82) is 0 Å². The lowest BCUT2D eigenvalue weighted by molar-refractivity contribution is -0.110. The highest BCUT2D eigenvalue weighted by atomic mass is 31.1. The van der Waals surface area contributed by atoms with Crippen LogP contribution < -0.4 is 5.32 Å². The largest absolute Gasteiger partial charge is 0.371 e. The molecule has 86 valence electrons. The molecule has 0 bridgehead atoms. The molecule has 4 nitrogen and oxygen atoms in total. The van der Waals surface area contributed by atoms with Crippen LogP contribution in [-0.2, 0) is 16.0 Å². The van der Waals surface area contributed by atoms with Crippen LogP contribution in [0.5, 0.6) is 0 Å². The molecule has 0 saturated carbocycles. The Morgan fingerprint density at radius 1 is 1.31 bits per heavy atom. The third-order valence-corrected chi connectivity index (χ3v) is 3.73. The lowest BCUT2D eigenvalue weighted by atomic mass is 10.1. The summed E-state index contributed by atoms with van der Waals surface area (Å²) in [5.74, 6) is -0.361. The molecule has 0 aliphatic rings. The van der Waals surface area contributed by atoms with Crippen molar-refractivity contribution in [1.82, 2.24) is 5.32 Å². The van der Waals surface area contributed by atoms with Gasteiger partial charge in [0.1, 0.15) is 6.29 Å². The standard InChI is InChI=1S/C11H14NO3P/c13-6-7-16(15)11(12-9-14)8-10-4-2-1-3-5-10/h1-6,9,11,15H,7-8H2,(H,12,14)/t11-,16?/m1/s1. The van der Waals surface area contributed by atoms with Gasteiger partial charge in [-0.15, -0.1) is 0 Å². The SMILES string of the molecule is O=CCP(O)[C@H](Cc1ccccc1)NC=O. The minimum atomic E-state index is -1.48. The van der Waals surface area contributed by atoms with E-state index >= 15 is 0 Å². The Kier molecular flexibility index (Phi) is 5.68. The maximum Gasteiger partial charge on any atom is 0.207 e. The first-order chi connectivity index (χ1) is 7.77. The maximum absolute atomic E-state index is 10.4. The first kappa shape index (κ1) is 12.8. The van der Waals surface area contributed by atoms with Gasteiger partial charge in [0.15, 0.2) is 0 Å². The van der Waals surface area contributed by atoms with Crippen molar-refractivity contribution in [3.05, 3.63) is 35.9 Å². The smallest absolute Gasteiger partial charge is 0.207 e. The molecule has 0 saturated heterocycles. The Labute approximate surface area is 95.5 Å². The van der Waals surface area contributed by atoms with Crippen LogP contribution in [0.15, 0.2) is 30.3 Å². The van der Waals surface area contributed by atoms with E-state index in [1.807, 2.05) is 30.3 Å². The summed E-state index contributed by atoms with van der Waals surface area (Å²) in [6.07, 6.45) is 1.86. The zero-order chi connectivity index (χ0) is 11.8. The monoisotopic (exact) mass is 239 g/mol. The van der Waals surface area contributed by atoms with Gasteiger partial charge in [-0.05, 0) is 12.0 Å². The lowest BCUT2D eigenvalue weighted by Gasteiger charge is -2.20. The molecule has 0 aromatic heterocycles. The van der Waals surface area contributed by atoms with E-state index in [9.17, 15) is 14.5 Å². The summed E-state index contributed by atoms with van der Waals surface area (Å²) in [7, 11) is -1.48. The molecule has 2 atom stereocenters. The van der Waals surface area contributed by atoms with Crippen LogP contribution in [0.3, 0.4) is 0 Å². The van der Waals surface area contributed by atoms with Crippen LogP contribution in [-0.4, -0.2) is 29.5 Å². The van der Waals surface area contributed by atoms with Crippen molar-refractivity contribution in [3.8, 4) is 0 Å². The van der Waals surface area contributed by atoms with Crippen molar-refractivity contribution in [3.63, 3.8) is 0 Å². The highest BCUT2D eigenvalue weighted by molar-refractivity contribution is 7.53. The Hall–Kier alpha value is -1.25. The van der Waals surface area contributed by atoms with Gasteiger partial charge in [-0.1, -0.05) is 30.3 Å². The molecule has 0 spiro atoms. The molecule has 0 aliphatic heterocycles. The quantitative estimate of drug-likeness (QED) is 0.548. The van der Waals surface area contributed by atoms with E-state index in [0.29, 0.717) is 19.1 Å². The number of nitrogens with one attached hydrogen (secondary N) is 1. The normalized spacial score (nSPS) is 13.8. The van der Waals surface area contributed by atoms with E-state index in [2.05, 4.69) is 5.32 Å². The molecule has 0 heterocycles. The number of amides is 1. The summed E-state index contributed by atoms with van der Waals surface area (Å²) in [5, 5.41) is 2.56. The third kappa shape index (κ3) is 4.09. The molecule has 2 N–H and O–H groups in total. The average Bonchev–Trinajstić information content (AvgIpc) is 2.30. The van der Waals surface area contributed by atoms with Gasteiger partial charge in [-0.2, -0.15) is 0 Å². The molecule has 16 heavy (non-hydrogen) atoms. The van der Waals surface area contributed by atoms with E-state index < -0.39 is 8.15 Å². The fraction of sp³-hybridized carbons (Fsp3) is 0.273. The summed E-state index contributed by atoms with van der Waals surface area (Å²) >= 11 is 0. The zero-order valence-electron chi connectivity index (χ0n) is 8.74. The number of carbonyl (C=O) groups excluding carboxylic acids is 2. The molecular formula is C11H14NO3P.